The third-order valence-electron chi connectivity index (χ3n) is 5.60. The third kappa shape index (κ3) is 13.9. The lowest BCUT2D eigenvalue weighted by atomic mass is 10.1. The molecule has 0 saturated heterocycles. The lowest BCUT2D eigenvalue weighted by molar-refractivity contribution is -0.193. The van der Waals surface area contributed by atoms with Crippen molar-refractivity contribution in [3.8, 4) is 0 Å². The molecule has 0 atom stereocenters. The molecular weight excluding hydrogens is 646 g/mol. The van der Waals surface area contributed by atoms with Gasteiger partial charge < -0.3 is 32.1 Å². The number of amides is 2. The van der Waals surface area contributed by atoms with Gasteiger partial charge in [0.15, 0.2) is 0 Å². The molecule has 3 aromatic rings. The number of para-hydroxylation sites is 1. The van der Waals surface area contributed by atoms with Crippen LogP contribution in [0.3, 0.4) is 0 Å². The van der Waals surface area contributed by atoms with Crippen molar-refractivity contribution in [1.29, 1.82) is 0 Å². The minimum atomic E-state index is -5.08. The molecule has 1 aliphatic heterocycles. The second kappa shape index (κ2) is 17.7. The molecule has 254 valence electrons. The molecule has 1 heterocycles. The summed E-state index contributed by atoms with van der Waals surface area (Å²) in [6.45, 7) is 0.888. The van der Waals surface area contributed by atoms with Gasteiger partial charge in [-0.15, -0.1) is 0 Å². The molecule has 0 radical (unpaired) electrons. The largest absolute Gasteiger partial charge is 0.490 e. The van der Waals surface area contributed by atoms with Crippen LogP contribution in [-0.4, -0.2) is 70.5 Å². The Hall–Kier alpha value is -5.65. The van der Waals surface area contributed by atoms with E-state index in [9.17, 15) is 40.7 Å². The lowest BCUT2D eigenvalue weighted by Crippen LogP contribution is -2.35. The van der Waals surface area contributed by atoms with Crippen molar-refractivity contribution in [1.82, 2.24) is 0 Å². The predicted octanol–water partition coefficient (Wildman–Crippen LogP) is 3.90. The zero-order valence-electron chi connectivity index (χ0n) is 24.0. The van der Waals surface area contributed by atoms with E-state index in [-0.39, 0.29) is 11.8 Å². The van der Waals surface area contributed by atoms with Gasteiger partial charge in [0.2, 0.25) is 5.91 Å². The Bertz CT molecular complexity index is 1530. The monoisotopic (exact) mass is 674 g/mol. The molecule has 0 fully saturated rings. The van der Waals surface area contributed by atoms with Crippen LogP contribution in [0, 0.1) is 0 Å². The van der Waals surface area contributed by atoms with E-state index in [0.717, 1.165) is 24.2 Å². The average molecular weight is 675 g/mol. The number of nitrogens with one attached hydrogen (secondary N) is 1. The first-order valence-corrected chi connectivity index (χ1v) is 12.9. The Balaban J connectivity index is 0.000000357. The van der Waals surface area contributed by atoms with Gasteiger partial charge >= 0.3 is 30.3 Å². The molecular formula is C29H28F6N4O8. The Labute approximate surface area is 262 Å². The van der Waals surface area contributed by atoms with Crippen molar-refractivity contribution in [2.45, 2.75) is 25.3 Å². The number of hydrogen-bond donors (Lipinski definition) is 6. The SMILES string of the molecule is NC(=O)c1ccc2c(c1)CCN2.NCc1cccc(C(=O)N(CC(=O)O)c2ccccc2)c1.O=C(O)C(F)(F)F.O=C(O)C(F)(F)F. The van der Waals surface area contributed by atoms with Crippen LogP contribution < -0.4 is 21.7 Å². The number of nitrogens with two attached hydrogens (primary N) is 2. The van der Waals surface area contributed by atoms with E-state index in [1.165, 1.54) is 10.5 Å². The number of alkyl halides is 6. The number of carbonyl (C=O) groups is 5. The minimum Gasteiger partial charge on any atom is -0.480 e. The highest BCUT2D eigenvalue weighted by molar-refractivity contribution is 6.08. The van der Waals surface area contributed by atoms with Crippen LogP contribution in [0.25, 0.3) is 0 Å². The molecule has 8 N–H and O–H groups in total. The van der Waals surface area contributed by atoms with Gasteiger partial charge in [0.1, 0.15) is 6.54 Å². The summed E-state index contributed by atoms with van der Waals surface area (Å²) in [4.78, 5) is 53.4. The van der Waals surface area contributed by atoms with Crippen LogP contribution in [0.4, 0.5) is 37.7 Å². The standard InChI is InChI=1S/C16H16N2O3.C9H10N2O.2C2HF3O2/c17-10-12-5-4-6-13(9-12)16(21)18(11-15(19)20)14-7-2-1-3-8-14;10-9(12)7-1-2-8-6(5-7)3-4-11-8;2*3-2(4,5)1(6)7/h1-9H,10-11,17H2,(H,19,20);1-2,5,11H,3-4H2,(H2,10,12);2*(H,6,7). The van der Waals surface area contributed by atoms with Crippen molar-refractivity contribution in [3.63, 3.8) is 0 Å². The third-order valence-corrected chi connectivity index (χ3v) is 5.60. The predicted molar refractivity (Wildman–Crippen MR) is 155 cm³/mol. The van der Waals surface area contributed by atoms with E-state index in [4.69, 9.17) is 36.4 Å². The van der Waals surface area contributed by atoms with Crippen LogP contribution in [0.15, 0.2) is 72.8 Å². The highest BCUT2D eigenvalue weighted by Gasteiger charge is 2.38. The normalized spacial score (nSPS) is 11.4. The van der Waals surface area contributed by atoms with Crippen molar-refractivity contribution in [2.75, 3.05) is 23.3 Å². The van der Waals surface area contributed by atoms with Gasteiger partial charge in [0.05, 0.1) is 0 Å². The Kier molecular flexibility index (Phi) is 14.9. The second-order valence-corrected chi connectivity index (χ2v) is 9.04. The van der Waals surface area contributed by atoms with E-state index in [2.05, 4.69) is 5.32 Å². The van der Waals surface area contributed by atoms with Gasteiger partial charge in [-0.2, -0.15) is 26.3 Å². The Morgan fingerprint density at radius 1 is 0.766 bits per heavy atom. The number of carboxylic acid groups (broad SMARTS) is 3. The van der Waals surface area contributed by atoms with Gasteiger partial charge in [-0.25, -0.2) is 9.59 Å². The maximum Gasteiger partial charge on any atom is 0.490 e. The van der Waals surface area contributed by atoms with E-state index in [1.54, 1.807) is 48.5 Å². The van der Waals surface area contributed by atoms with Crippen LogP contribution in [0.5, 0.6) is 0 Å². The molecule has 1 aliphatic rings. The van der Waals surface area contributed by atoms with Gasteiger partial charge in [0.25, 0.3) is 5.91 Å². The number of carboxylic acids is 3. The van der Waals surface area contributed by atoms with Crippen LogP contribution in [0.1, 0.15) is 31.8 Å². The van der Waals surface area contributed by atoms with Crippen LogP contribution in [-0.2, 0) is 27.3 Å². The number of halogens is 6. The maximum atomic E-state index is 12.6. The Morgan fingerprint density at radius 3 is 1.79 bits per heavy atom. The van der Waals surface area contributed by atoms with Crippen molar-refractivity contribution in [3.05, 3.63) is 95.1 Å². The number of aliphatic carboxylic acids is 3. The summed E-state index contributed by atoms with van der Waals surface area (Å²) >= 11 is 0. The molecule has 0 aliphatic carbocycles. The highest BCUT2D eigenvalue weighted by Crippen LogP contribution is 2.22. The summed E-state index contributed by atoms with van der Waals surface area (Å²) in [6, 6.07) is 21.1. The number of rotatable bonds is 6. The summed E-state index contributed by atoms with van der Waals surface area (Å²) in [5, 5.41) is 26.5. The van der Waals surface area contributed by atoms with E-state index >= 15 is 0 Å². The fourth-order valence-corrected chi connectivity index (χ4v) is 3.47. The van der Waals surface area contributed by atoms with Crippen molar-refractivity contribution >= 4 is 41.1 Å². The number of anilines is 2. The van der Waals surface area contributed by atoms with Gasteiger partial charge in [-0.05, 0) is 60.0 Å². The first-order chi connectivity index (χ1) is 21.8. The molecule has 0 saturated carbocycles. The van der Waals surface area contributed by atoms with E-state index < -0.39 is 36.8 Å². The van der Waals surface area contributed by atoms with Gasteiger partial charge in [-0.1, -0.05) is 30.3 Å². The number of carbonyl (C=O) groups excluding carboxylic acids is 2. The summed E-state index contributed by atoms with van der Waals surface area (Å²) in [5.74, 6) is -7.30. The summed E-state index contributed by atoms with van der Waals surface area (Å²) < 4.78 is 63.5. The first kappa shape index (κ1) is 39.4. The fraction of sp³-hybridized carbons (Fsp3) is 0.207. The van der Waals surface area contributed by atoms with Crippen LogP contribution >= 0.6 is 0 Å². The number of nitrogens with zero attached hydrogens (tertiary/aromatic N) is 1. The number of fused-ring (bicyclic) bond motifs is 1. The molecule has 0 unspecified atom stereocenters. The molecule has 47 heavy (non-hydrogen) atoms. The minimum absolute atomic E-state index is 0.325. The zero-order valence-corrected chi connectivity index (χ0v) is 24.0. The van der Waals surface area contributed by atoms with Crippen molar-refractivity contribution < 1.29 is 65.6 Å². The second-order valence-electron chi connectivity index (χ2n) is 9.04. The summed E-state index contributed by atoms with van der Waals surface area (Å²) in [7, 11) is 0. The van der Waals surface area contributed by atoms with E-state index in [1.807, 2.05) is 24.3 Å². The summed E-state index contributed by atoms with van der Waals surface area (Å²) in [6.07, 6.45) is -9.18. The van der Waals surface area contributed by atoms with Gasteiger partial charge in [-0.3, -0.25) is 19.3 Å². The molecule has 0 spiro atoms. The molecule has 18 heteroatoms. The quantitative estimate of drug-likeness (QED) is 0.208. The lowest BCUT2D eigenvalue weighted by Gasteiger charge is -2.21. The molecule has 0 aromatic heterocycles. The average Bonchev–Trinajstić information content (AvgIpc) is 3.48. The molecule has 12 nitrogen and oxygen atoms in total. The highest BCUT2D eigenvalue weighted by atomic mass is 19.4. The van der Waals surface area contributed by atoms with Gasteiger partial charge in [0, 0.05) is 35.6 Å². The zero-order chi connectivity index (χ0) is 35.9. The topological polar surface area (TPSA) is 213 Å². The fourth-order valence-electron chi connectivity index (χ4n) is 3.47. The molecule has 2 amide bonds. The number of primary amides is 1. The molecule has 3 aromatic carbocycles. The smallest absolute Gasteiger partial charge is 0.480 e. The number of hydrogen-bond acceptors (Lipinski definition) is 7. The number of benzene rings is 3. The van der Waals surface area contributed by atoms with Crippen molar-refractivity contribution in [2.24, 2.45) is 11.5 Å². The van der Waals surface area contributed by atoms with E-state index in [0.29, 0.717) is 23.4 Å². The molecule has 0 bridgehead atoms. The molecule has 4 rings (SSSR count). The first-order valence-electron chi connectivity index (χ1n) is 12.9. The maximum absolute atomic E-state index is 12.6. The Morgan fingerprint density at radius 2 is 1.32 bits per heavy atom. The van der Waals surface area contributed by atoms with Crippen LogP contribution in [0.2, 0.25) is 0 Å². The summed E-state index contributed by atoms with van der Waals surface area (Å²) in [5.41, 5.74) is 15.4.